The Morgan fingerprint density at radius 1 is 1.37 bits per heavy atom. The zero-order valence-electron chi connectivity index (χ0n) is 10.1. The summed E-state index contributed by atoms with van der Waals surface area (Å²) < 4.78 is 4.56. The Bertz CT molecular complexity index is 599. The first-order valence-electron chi connectivity index (χ1n) is 5.48. The number of phenolic OH excluding ortho intramolecular Hbond substituents is 1. The molecule has 0 aliphatic heterocycles. The lowest BCUT2D eigenvalue weighted by Crippen LogP contribution is -2.06. The molecule has 0 aliphatic carbocycles. The number of carbonyl (C=O) groups is 1. The molecule has 0 bridgehead atoms. The van der Waals surface area contributed by atoms with Crippen LogP contribution in [0.15, 0.2) is 30.5 Å². The van der Waals surface area contributed by atoms with Gasteiger partial charge in [0.15, 0.2) is 5.82 Å². The fraction of sp³-hybridized carbons (Fsp3) is 0.154. The molecule has 5 nitrogen and oxygen atoms in total. The van der Waals surface area contributed by atoms with Crippen LogP contribution >= 0.6 is 11.6 Å². The van der Waals surface area contributed by atoms with E-state index in [-0.39, 0.29) is 17.3 Å². The highest BCUT2D eigenvalue weighted by molar-refractivity contribution is 6.30. The Labute approximate surface area is 114 Å². The van der Waals surface area contributed by atoms with Gasteiger partial charge >= 0.3 is 5.97 Å². The van der Waals surface area contributed by atoms with Crippen LogP contribution < -0.4 is 0 Å². The fourth-order valence-corrected chi connectivity index (χ4v) is 1.68. The molecule has 6 heteroatoms. The van der Waals surface area contributed by atoms with Crippen molar-refractivity contribution in [3.05, 3.63) is 41.2 Å². The molecule has 0 atom stereocenters. The van der Waals surface area contributed by atoms with Gasteiger partial charge in [-0.3, -0.25) is 4.79 Å². The van der Waals surface area contributed by atoms with E-state index in [2.05, 4.69) is 14.7 Å². The van der Waals surface area contributed by atoms with Gasteiger partial charge in [0.05, 0.1) is 13.5 Å². The van der Waals surface area contributed by atoms with Crippen LogP contribution in [-0.2, 0) is 16.0 Å². The lowest BCUT2D eigenvalue weighted by Gasteiger charge is -2.05. The van der Waals surface area contributed by atoms with Gasteiger partial charge < -0.3 is 9.84 Å². The molecule has 0 aliphatic rings. The smallest absolute Gasteiger partial charge is 0.310 e. The number of ether oxygens (including phenoxy) is 1. The minimum absolute atomic E-state index is 0.0329. The molecular weight excluding hydrogens is 268 g/mol. The number of halogens is 1. The Kier molecular flexibility index (Phi) is 3.97. The molecule has 0 saturated heterocycles. The van der Waals surface area contributed by atoms with Crippen LogP contribution in [0.5, 0.6) is 5.75 Å². The molecule has 2 rings (SSSR count). The Morgan fingerprint density at radius 3 is 2.63 bits per heavy atom. The van der Waals surface area contributed by atoms with Crippen molar-refractivity contribution in [2.24, 2.45) is 0 Å². The van der Waals surface area contributed by atoms with E-state index in [0.717, 1.165) is 5.56 Å². The molecular formula is C13H11ClN2O3. The van der Waals surface area contributed by atoms with Crippen molar-refractivity contribution in [3.8, 4) is 17.1 Å². The molecule has 0 radical (unpaired) electrons. The van der Waals surface area contributed by atoms with E-state index >= 15 is 0 Å². The highest BCUT2D eigenvalue weighted by atomic mass is 35.5. The quantitative estimate of drug-likeness (QED) is 0.688. The number of nitrogens with zero attached hydrogens (tertiary/aromatic N) is 2. The van der Waals surface area contributed by atoms with Crippen LogP contribution in [0.25, 0.3) is 11.4 Å². The molecule has 98 valence electrons. The third-order valence-electron chi connectivity index (χ3n) is 2.50. The van der Waals surface area contributed by atoms with E-state index in [1.807, 2.05) is 0 Å². The first-order valence-corrected chi connectivity index (χ1v) is 5.85. The second-order valence-electron chi connectivity index (χ2n) is 3.81. The molecule has 1 heterocycles. The summed E-state index contributed by atoms with van der Waals surface area (Å²) in [6.45, 7) is 0. The lowest BCUT2D eigenvalue weighted by atomic mass is 10.2. The Hall–Kier alpha value is -2.14. The lowest BCUT2D eigenvalue weighted by molar-refractivity contribution is -0.139. The molecule has 0 unspecified atom stereocenters. The number of carbonyl (C=O) groups excluding carboxylic acids is 1. The normalized spacial score (nSPS) is 10.2. The number of aromatic hydroxyl groups is 1. The summed E-state index contributed by atoms with van der Waals surface area (Å²) in [6, 6.07) is 6.44. The van der Waals surface area contributed by atoms with Gasteiger partial charge in [0, 0.05) is 17.3 Å². The topological polar surface area (TPSA) is 72.3 Å². The number of aromatic nitrogens is 2. The van der Waals surface area contributed by atoms with Gasteiger partial charge in [-0.15, -0.1) is 0 Å². The number of esters is 1. The third kappa shape index (κ3) is 3.20. The number of hydrogen-bond donors (Lipinski definition) is 1. The van der Waals surface area contributed by atoms with E-state index in [1.165, 1.54) is 25.4 Å². The first kappa shape index (κ1) is 13.3. The van der Waals surface area contributed by atoms with Gasteiger partial charge in [-0.2, -0.15) is 0 Å². The molecule has 0 spiro atoms. The van der Waals surface area contributed by atoms with Crippen molar-refractivity contribution >= 4 is 17.6 Å². The van der Waals surface area contributed by atoms with E-state index in [4.69, 9.17) is 11.6 Å². The van der Waals surface area contributed by atoms with Crippen LogP contribution in [0.3, 0.4) is 0 Å². The van der Waals surface area contributed by atoms with Crippen LogP contribution in [0.4, 0.5) is 0 Å². The molecule has 0 saturated carbocycles. The van der Waals surface area contributed by atoms with Crippen molar-refractivity contribution in [1.29, 1.82) is 0 Å². The number of rotatable bonds is 3. The SMILES string of the molecule is COC(=O)Cc1cnc(-c2ccc(O)cc2)nc1Cl. The Morgan fingerprint density at radius 2 is 2.05 bits per heavy atom. The molecule has 0 fully saturated rings. The van der Waals surface area contributed by atoms with Gasteiger partial charge in [-0.05, 0) is 24.3 Å². The minimum Gasteiger partial charge on any atom is -0.508 e. The molecule has 1 N–H and O–H groups in total. The summed E-state index contributed by atoms with van der Waals surface area (Å²) >= 11 is 6.00. The number of phenols is 1. The van der Waals surface area contributed by atoms with Crippen molar-refractivity contribution in [2.75, 3.05) is 7.11 Å². The monoisotopic (exact) mass is 278 g/mol. The van der Waals surface area contributed by atoms with Crippen molar-refractivity contribution in [1.82, 2.24) is 9.97 Å². The average Bonchev–Trinajstić information content (AvgIpc) is 2.41. The standard InChI is InChI=1S/C13H11ClN2O3/c1-19-11(18)6-9-7-15-13(16-12(9)14)8-2-4-10(17)5-3-8/h2-5,7,17H,6H2,1H3. The molecule has 1 aromatic carbocycles. The zero-order valence-corrected chi connectivity index (χ0v) is 10.9. The third-order valence-corrected chi connectivity index (χ3v) is 2.83. The summed E-state index contributed by atoms with van der Waals surface area (Å²) in [5.41, 5.74) is 1.24. The van der Waals surface area contributed by atoms with E-state index in [9.17, 15) is 9.90 Å². The van der Waals surface area contributed by atoms with Crippen molar-refractivity contribution in [3.63, 3.8) is 0 Å². The number of methoxy groups -OCH3 is 1. The second-order valence-corrected chi connectivity index (χ2v) is 4.17. The number of hydrogen-bond acceptors (Lipinski definition) is 5. The second kappa shape index (κ2) is 5.67. The van der Waals surface area contributed by atoms with Gasteiger partial charge in [0.25, 0.3) is 0 Å². The summed E-state index contributed by atoms with van der Waals surface area (Å²) in [5.74, 6) is 0.193. The largest absolute Gasteiger partial charge is 0.508 e. The number of benzene rings is 1. The maximum Gasteiger partial charge on any atom is 0.310 e. The Balaban J connectivity index is 2.28. The minimum atomic E-state index is -0.400. The summed E-state index contributed by atoms with van der Waals surface area (Å²) in [5, 5.41) is 9.42. The van der Waals surface area contributed by atoms with Gasteiger partial charge in [0.1, 0.15) is 10.9 Å². The van der Waals surface area contributed by atoms with Gasteiger partial charge in [0.2, 0.25) is 0 Å². The summed E-state index contributed by atoms with van der Waals surface area (Å²) in [4.78, 5) is 19.4. The predicted molar refractivity (Wildman–Crippen MR) is 69.9 cm³/mol. The van der Waals surface area contributed by atoms with Crippen molar-refractivity contribution in [2.45, 2.75) is 6.42 Å². The maximum atomic E-state index is 11.2. The maximum absolute atomic E-state index is 11.2. The highest BCUT2D eigenvalue weighted by Crippen LogP contribution is 2.21. The van der Waals surface area contributed by atoms with Crippen LogP contribution in [0.1, 0.15) is 5.56 Å². The molecule has 19 heavy (non-hydrogen) atoms. The molecule has 1 aromatic heterocycles. The fourth-order valence-electron chi connectivity index (χ4n) is 1.48. The summed E-state index contributed by atoms with van der Waals surface area (Å²) in [6.07, 6.45) is 1.53. The van der Waals surface area contributed by atoms with Gasteiger partial charge in [-0.1, -0.05) is 11.6 Å². The van der Waals surface area contributed by atoms with Crippen molar-refractivity contribution < 1.29 is 14.6 Å². The highest BCUT2D eigenvalue weighted by Gasteiger charge is 2.11. The predicted octanol–water partition coefficient (Wildman–Crippen LogP) is 2.22. The van der Waals surface area contributed by atoms with E-state index in [0.29, 0.717) is 11.4 Å². The van der Waals surface area contributed by atoms with Crippen LogP contribution in [0.2, 0.25) is 5.15 Å². The molecule has 0 amide bonds. The average molecular weight is 279 g/mol. The molecule has 2 aromatic rings. The van der Waals surface area contributed by atoms with E-state index < -0.39 is 5.97 Å². The van der Waals surface area contributed by atoms with E-state index in [1.54, 1.807) is 12.1 Å². The first-order chi connectivity index (χ1) is 9.10. The van der Waals surface area contributed by atoms with Crippen LogP contribution in [0, 0.1) is 0 Å². The summed E-state index contributed by atoms with van der Waals surface area (Å²) in [7, 11) is 1.31. The zero-order chi connectivity index (χ0) is 13.8. The van der Waals surface area contributed by atoms with Crippen LogP contribution in [-0.4, -0.2) is 28.2 Å². The van der Waals surface area contributed by atoms with Gasteiger partial charge in [-0.25, -0.2) is 9.97 Å².